The third-order valence-electron chi connectivity index (χ3n) is 2.94. The molecule has 1 unspecified atom stereocenters. The van der Waals surface area contributed by atoms with E-state index >= 15 is 0 Å². The van der Waals surface area contributed by atoms with Crippen molar-refractivity contribution < 1.29 is 18.7 Å². The number of halogens is 1. The van der Waals surface area contributed by atoms with Crippen molar-refractivity contribution in [3.05, 3.63) is 29.6 Å². The second-order valence-corrected chi connectivity index (χ2v) is 4.84. The highest BCUT2D eigenvalue weighted by Gasteiger charge is 2.31. The number of methoxy groups -OCH3 is 2. The molecule has 4 nitrogen and oxygen atoms in total. The molecule has 19 heavy (non-hydrogen) atoms. The number of rotatable bonds is 5. The molecule has 0 aliphatic carbocycles. The fourth-order valence-electron chi connectivity index (χ4n) is 2.04. The number of hydrogen-bond acceptors (Lipinski definition) is 4. The standard InChI is InChI=1S/C14H20FNO3/c1-9(16-14(2,3)13(17)19-5)12-10(15)7-6-8-11(12)18-4/h6-9,16H,1-5H3. The Kier molecular flexibility index (Phi) is 4.89. The van der Waals surface area contributed by atoms with Crippen LogP contribution in [0.2, 0.25) is 0 Å². The summed E-state index contributed by atoms with van der Waals surface area (Å²) in [5, 5.41) is 3.04. The van der Waals surface area contributed by atoms with Gasteiger partial charge in [0.15, 0.2) is 0 Å². The van der Waals surface area contributed by atoms with Crippen molar-refractivity contribution in [2.24, 2.45) is 0 Å². The fourth-order valence-corrected chi connectivity index (χ4v) is 2.04. The van der Waals surface area contributed by atoms with Crippen molar-refractivity contribution in [1.82, 2.24) is 5.32 Å². The molecule has 0 radical (unpaired) electrons. The van der Waals surface area contributed by atoms with Crippen LogP contribution in [0.25, 0.3) is 0 Å². The largest absolute Gasteiger partial charge is 0.496 e. The fraction of sp³-hybridized carbons (Fsp3) is 0.500. The molecule has 5 heteroatoms. The lowest BCUT2D eigenvalue weighted by Gasteiger charge is -2.28. The van der Waals surface area contributed by atoms with Gasteiger partial charge in [0, 0.05) is 11.6 Å². The zero-order chi connectivity index (χ0) is 14.6. The SMILES string of the molecule is COC(=O)C(C)(C)NC(C)c1c(F)cccc1OC. The molecule has 0 aromatic heterocycles. The van der Waals surface area contributed by atoms with Crippen molar-refractivity contribution in [3.63, 3.8) is 0 Å². The maximum absolute atomic E-state index is 13.9. The smallest absolute Gasteiger partial charge is 0.325 e. The molecule has 0 amide bonds. The Morgan fingerprint density at radius 2 is 2.00 bits per heavy atom. The molecule has 0 bridgehead atoms. The first kappa shape index (κ1) is 15.4. The Morgan fingerprint density at radius 1 is 1.37 bits per heavy atom. The molecule has 0 heterocycles. The van der Waals surface area contributed by atoms with Crippen molar-refractivity contribution >= 4 is 5.97 Å². The maximum Gasteiger partial charge on any atom is 0.325 e. The normalized spacial score (nSPS) is 12.9. The van der Waals surface area contributed by atoms with Gasteiger partial charge in [0.05, 0.1) is 14.2 Å². The highest BCUT2D eigenvalue weighted by atomic mass is 19.1. The van der Waals surface area contributed by atoms with Crippen LogP contribution in [0, 0.1) is 5.82 Å². The number of carbonyl (C=O) groups is 1. The Balaban J connectivity index is 3.02. The number of esters is 1. The highest BCUT2D eigenvalue weighted by molar-refractivity contribution is 5.79. The van der Waals surface area contributed by atoms with E-state index in [1.807, 2.05) is 0 Å². The molecular formula is C14H20FNO3. The van der Waals surface area contributed by atoms with Gasteiger partial charge in [-0.1, -0.05) is 6.07 Å². The van der Waals surface area contributed by atoms with Crippen LogP contribution in [-0.2, 0) is 9.53 Å². The Bertz CT molecular complexity index is 460. The molecule has 0 spiro atoms. The Hall–Kier alpha value is -1.62. The summed E-state index contributed by atoms with van der Waals surface area (Å²) in [6.07, 6.45) is 0. The number of ether oxygens (including phenoxy) is 2. The summed E-state index contributed by atoms with van der Waals surface area (Å²) in [4.78, 5) is 11.6. The number of nitrogens with one attached hydrogen (secondary N) is 1. The summed E-state index contributed by atoms with van der Waals surface area (Å²) in [5.41, 5.74) is -0.524. The van der Waals surface area contributed by atoms with E-state index in [-0.39, 0.29) is 5.82 Å². The van der Waals surface area contributed by atoms with Gasteiger partial charge in [0.1, 0.15) is 17.1 Å². The molecule has 1 aromatic carbocycles. The summed E-state index contributed by atoms with van der Waals surface area (Å²) >= 11 is 0. The van der Waals surface area contributed by atoms with Crippen molar-refractivity contribution in [2.75, 3.05) is 14.2 Å². The summed E-state index contributed by atoms with van der Waals surface area (Å²) in [5.74, 6) is -0.338. The van der Waals surface area contributed by atoms with E-state index in [4.69, 9.17) is 9.47 Å². The Morgan fingerprint density at radius 3 is 2.53 bits per heavy atom. The molecule has 0 aliphatic rings. The summed E-state index contributed by atoms with van der Waals surface area (Å²) in [7, 11) is 2.80. The second kappa shape index (κ2) is 6.02. The van der Waals surface area contributed by atoms with Crippen LogP contribution in [0.15, 0.2) is 18.2 Å². The van der Waals surface area contributed by atoms with E-state index in [0.29, 0.717) is 11.3 Å². The lowest BCUT2D eigenvalue weighted by molar-refractivity contribution is -0.147. The van der Waals surface area contributed by atoms with Crippen LogP contribution in [0.4, 0.5) is 4.39 Å². The zero-order valence-electron chi connectivity index (χ0n) is 11.9. The molecule has 1 rings (SSSR count). The van der Waals surface area contributed by atoms with Crippen LogP contribution in [0.5, 0.6) is 5.75 Å². The molecule has 1 N–H and O–H groups in total. The number of benzene rings is 1. The first-order valence-corrected chi connectivity index (χ1v) is 6.02. The van der Waals surface area contributed by atoms with Gasteiger partial charge < -0.3 is 9.47 Å². The first-order valence-electron chi connectivity index (χ1n) is 6.02. The van der Waals surface area contributed by atoms with Crippen molar-refractivity contribution in [1.29, 1.82) is 0 Å². The van der Waals surface area contributed by atoms with E-state index in [0.717, 1.165) is 0 Å². The van der Waals surface area contributed by atoms with Gasteiger partial charge in [0.2, 0.25) is 0 Å². The second-order valence-electron chi connectivity index (χ2n) is 4.84. The molecule has 0 saturated heterocycles. The van der Waals surface area contributed by atoms with E-state index in [2.05, 4.69) is 5.32 Å². The summed E-state index contributed by atoms with van der Waals surface area (Å²) < 4.78 is 23.8. The monoisotopic (exact) mass is 269 g/mol. The van der Waals surface area contributed by atoms with E-state index in [1.54, 1.807) is 32.9 Å². The zero-order valence-corrected chi connectivity index (χ0v) is 11.9. The van der Waals surface area contributed by atoms with Gasteiger partial charge in [-0.05, 0) is 32.9 Å². The lowest BCUT2D eigenvalue weighted by Crippen LogP contribution is -2.48. The van der Waals surface area contributed by atoms with Gasteiger partial charge in [-0.15, -0.1) is 0 Å². The van der Waals surface area contributed by atoms with Gasteiger partial charge in [0.25, 0.3) is 0 Å². The number of carbonyl (C=O) groups excluding carboxylic acids is 1. The quantitative estimate of drug-likeness (QED) is 0.834. The Labute approximate surface area is 112 Å². The van der Waals surface area contributed by atoms with E-state index < -0.39 is 17.6 Å². The molecule has 1 aromatic rings. The van der Waals surface area contributed by atoms with E-state index in [9.17, 15) is 9.18 Å². The van der Waals surface area contributed by atoms with Gasteiger partial charge in [-0.3, -0.25) is 10.1 Å². The summed E-state index contributed by atoms with van der Waals surface area (Å²) in [6, 6.07) is 4.23. The molecular weight excluding hydrogens is 249 g/mol. The van der Waals surface area contributed by atoms with Crippen LogP contribution in [-0.4, -0.2) is 25.7 Å². The first-order chi connectivity index (χ1) is 8.83. The van der Waals surface area contributed by atoms with Crippen LogP contribution >= 0.6 is 0 Å². The lowest BCUT2D eigenvalue weighted by atomic mass is 10.00. The van der Waals surface area contributed by atoms with Crippen molar-refractivity contribution in [3.8, 4) is 5.75 Å². The minimum Gasteiger partial charge on any atom is -0.496 e. The number of hydrogen-bond donors (Lipinski definition) is 1. The molecule has 0 saturated carbocycles. The molecule has 1 atom stereocenters. The average molecular weight is 269 g/mol. The van der Waals surface area contributed by atoms with Crippen LogP contribution < -0.4 is 10.1 Å². The molecule has 0 aliphatic heterocycles. The minimum atomic E-state index is -0.915. The topological polar surface area (TPSA) is 47.6 Å². The molecule has 106 valence electrons. The van der Waals surface area contributed by atoms with E-state index in [1.165, 1.54) is 20.3 Å². The van der Waals surface area contributed by atoms with Gasteiger partial charge in [-0.25, -0.2) is 4.39 Å². The third-order valence-corrected chi connectivity index (χ3v) is 2.94. The average Bonchev–Trinajstić information content (AvgIpc) is 2.36. The maximum atomic E-state index is 13.9. The predicted octanol–water partition coefficient (Wildman–Crippen LogP) is 2.44. The summed E-state index contributed by atoms with van der Waals surface area (Å²) in [6.45, 7) is 5.14. The van der Waals surface area contributed by atoms with Gasteiger partial charge >= 0.3 is 5.97 Å². The van der Waals surface area contributed by atoms with Crippen LogP contribution in [0.1, 0.15) is 32.4 Å². The van der Waals surface area contributed by atoms with Crippen molar-refractivity contribution in [2.45, 2.75) is 32.4 Å². The van der Waals surface area contributed by atoms with Crippen LogP contribution in [0.3, 0.4) is 0 Å². The minimum absolute atomic E-state index is 0.375. The third kappa shape index (κ3) is 3.44. The highest BCUT2D eigenvalue weighted by Crippen LogP contribution is 2.29. The van der Waals surface area contributed by atoms with Gasteiger partial charge in [-0.2, -0.15) is 0 Å². The molecule has 0 fully saturated rings. The predicted molar refractivity (Wildman–Crippen MR) is 70.6 cm³/mol.